The molecule has 2 aromatic rings. The number of hydrogen-bond donors (Lipinski definition) is 1. The Labute approximate surface area is 128 Å². The number of allylic oxidation sites excluding steroid dienone is 2. The van der Waals surface area contributed by atoms with Crippen LogP contribution in [0.4, 0.5) is 0 Å². The molecule has 1 N–H and O–H groups in total. The summed E-state index contributed by atoms with van der Waals surface area (Å²) in [6, 6.07) is 7.95. The number of carbonyl (C=O) groups excluding carboxylic acids is 1. The third kappa shape index (κ3) is 3.60. The molecule has 0 radical (unpaired) electrons. The fraction of sp³-hybridized carbons (Fsp3) is 0.0714. The van der Waals surface area contributed by atoms with Crippen molar-refractivity contribution < 1.29 is 39.5 Å². The van der Waals surface area contributed by atoms with Gasteiger partial charge in [0.05, 0.1) is 5.97 Å². The topological polar surface area (TPSA) is 55.9 Å². The molecule has 0 aliphatic rings. The first-order valence-corrected chi connectivity index (χ1v) is 5.30. The third-order valence-corrected chi connectivity index (χ3v) is 2.49. The van der Waals surface area contributed by atoms with Crippen LogP contribution < -0.4 is 34.7 Å². The summed E-state index contributed by atoms with van der Waals surface area (Å²) in [5.74, 6) is -1.17. The molecule has 0 unspecified atom stereocenters. The summed E-state index contributed by atoms with van der Waals surface area (Å²) < 4.78 is 0. The maximum absolute atomic E-state index is 10.4. The summed E-state index contributed by atoms with van der Waals surface area (Å²) >= 11 is 0. The number of para-hydroxylation sites is 1. The van der Waals surface area contributed by atoms with Gasteiger partial charge in [-0.2, -0.15) is 0 Å². The number of aromatic nitrogens is 1. The van der Waals surface area contributed by atoms with Gasteiger partial charge >= 0.3 is 29.6 Å². The van der Waals surface area contributed by atoms with Gasteiger partial charge in [0, 0.05) is 17.1 Å². The van der Waals surface area contributed by atoms with E-state index in [-0.39, 0.29) is 29.6 Å². The fourth-order valence-corrected chi connectivity index (χ4v) is 1.69. The summed E-state index contributed by atoms with van der Waals surface area (Å²) in [7, 11) is 0. The average molecular weight is 249 g/mol. The van der Waals surface area contributed by atoms with Gasteiger partial charge in [-0.1, -0.05) is 30.4 Å². The Balaban J connectivity index is 0.00000162. The van der Waals surface area contributed by atoms with Crippen LogP contribution in [-0.2, 0) is 4.79 Å². The molecule has 0 spiro atoms. The fourth-order valence-electron chi connectivity index (χ4n) is 1.69. The van der Waals surface area contributed by atoms with Gasteiger partial charge in [-0.15, -0.1) is 0 Å². The van der Waals surface area contributed by atoms with E-state index < -0.39 is 5.97 Å². The van der Waals surface area contributed by atoms with Crippen molar-refractivity contribution in [3.8, 4) is 0 Å². The molecule has 2 rings (SSSR count). The van der Waals surface area contributed by atoms with E-state index in [0.29, 0.717) is 5.57 Å². The monoisotopic (exact) mass is 249 g/mol. The molecule has 18 heavy (non-hydrogen) atoms. The minimum absolute atomic E-state index is 0. The second kappa shape index (κ2) is 6.59. The number of fused-ring (bicyclic) bond motifs is 1. The summed E-state index contributed by atoms with van der Waals surface area (Å²) in [4.78, 5) is 13.5. The molecule has 4 heteroatoms. The van der Waals surface area contributed by atoms with E-state index in [1.165, 1.54) is 0 Å². The van der Waals surface area contributed by atoms with Crippen molar-refractivity contribution in [1.29, 1.82) is 0 Å². The Bertz CT molecular complexity index is 611. The number of nitrogens with one attached hydrogen (secondary N) is 1. The summed E-state index contributed by atoms with van der Waals surface area (Å²) in [6.45, 7) is 1.72. The van der Waals surface area contributed by atoms with Gasteiger partial charge < -0.3 is 14.9 Å². The number of carboxylic acids is 1. The van der Waals surface area contributed by atoms with Crippen molar-refractivity contribution in [2.24, 2.45) is 0 Å². The van der Waals surface area contributed by atoms with Crippen molar-refractivity contribution in [3.05, 3.63) is 53.8 Å². The van der Waals surface area contributed by atoms with Crippen LogP contribution in [0.5, 0.6) is 0 Å². The minimum atomic E-state index is -1.17. The minimum Gasteiger partial charge on any atom is -0.545 e. The molecular weight excluding hydrogens is 237 g/mol. The molecule has 0 saturated heterocycles. The van der Waals surface area contributed by atoms with Gasteiger partial charge in [-0.05, 0) is 30.2 Å². The zero-order chi connectivity index (χ0) is 12.3. The summed E-state index contributed by atoms with van der Waals surface area (Å²) in [6.07, 6.45) is 6.61. The number of rotatable bonds is 3. The molecule has 0 atom stereocenters. The smallest absolute Gasteiger partial charge is 0.545 e. The van der Waals surface area contributed by atoms with Gasteiger partial charge in [0.25, 0.3) is 0 Å². The Morgan fingerprint density at radius 3 is 2.78 bits per heavy atom. The van der Waals surface area contributed by atoms with Gasteiger partial charge in [0.15, 0.2) is 0 Å². The molecule has 1 aromatic heterocycles. The number of aromatic amines is 1. The van der Waals surface area contributed by atoms with Gasteiger partial charge in [0.2, 0.25) is 0 Å². The van der Waals surface area contributed by atoms with Crippen molar-refractivity contribution in [2.75, 3.05) is 0 Å². The molecule has 3 nitrogen and oxygen atoms in total. The maximum atomic E-state index is 10.4. The molecule has 0 aliphatic carbocycles. The molecule has 86 valence electrons. The van der Waals surface area contributed by atoms with Gasteiger partial charge in [-0.3, -0.25) is 0 Å². The van der Waals surface area contributed by atoms with Crippen molar-refractivity contribution in [2.45, 2.75) is 6.92 Å². The van der Waals surface area contributed by atoms with E-state index in [4.69, 9.17) is 0 Å². The SMILES string of the molecule is CC(/C=C/c1c[nH]c2ccccc12)=C\C(=O)[O-].[Na+]. The Morgan fingerprint density at radius 2 is 2.06 bits per heavy atom. The molecule has 1 aromatic carbocycles. The van der Waals surface area contributed by atoms with Crippen molar-refractivity contribution in [1.82, 2.24) is 4.98 Å². The van der Waals surface area contributed by atoms with E-state index >= 15 is 0 Å². The van der Waals surface area contributed by atoms with Crippen LogP contribution in [0.2, 0.25) is 0 Å². The Kier molecular flexibility index (Phi) is 5.41. The molecule has 0 aliphatic heterocycles. The molecule has 0 fully saturated rings. The van der Waals surface area contributed by atoms with Gasteiger partial charge in [0.1, 0.15) is 0 Å². The predicted octanol–water partition coefficient (Wildman–Crippen LogP) is -1.12. The van der Waals surface area contributed by atoms with Crippen LogP contribution >= 0.6 is 0 Å². The molecule has 1 heterocycles. The number of hydrogen-bond acceptors (Lipinski definition) is 2. The van der Waals surface area contributed by atoms with E-state index in [0.717, 1.165) is 22.5 Å². The second-order valence-corrected chi connectivity index (χ2v) is 3.83. The van der Waals surface area contributed by atoms with Crippen LogP contribution in [0.15, 0.2) is 48.2 Å². The van der Waals surface area contributed by atoms with E-state index in [2.05, 4.69) is 4.98 Å². The van der Waals surface area contributed by atoms with Gasteiger partial charge in [-0.25, -0.2) is 0 Å². The summed E-state index contributed by atoms with van der Waals surface area (Å²) in [5, 5.41) is 11.5. The van der Waals surface area contributed by atoms with Crippen LogP contribution in [0.1, 0.15) is 12.5 Å². The van der Waals surface area contributed by atoms with E-state index in [1.807, 2.05) is 36.5 Å². The van der Waals surface area contributed by atoms with Crippen LogP contribution in [0, 0.1) is 0 Å². The van der Waals surface area contributed by atoms with Crippen molar-refractivity contribution >= 4 is 22.9 Å². The third-order valence-electron chi connectivity index (χ3n) is 2.49. The zero-order valence-electron chi connectivity index (χ0n) is 10.4. The zero-order valence-corrected chi connectivity index (χ0v) is 12.4. The largest absolute Gasteiger partial charge is 1.00 e. The van der Waals surface area contributed by atoms with Crippen molar-refractivity contribution in [3.63, 3.8) is 0 Å². The summed E-state index contributed by atoms with van der Waals surface area (Å²) in [5.41, 5.74) is 2.75. The number of aliphatic carboxylic acids is 1. The number of benzene rings is 1. The standard InChI is InChI=1S/C14H13NO2.Na/c1-10(8-14(16)17)6-7-11-9-15-13-5-3-2-4-12(11)13;/h2-9,15H,1H3,(H,16,17);/q;+1/p-1/b7-6+,10-8+;. The first-order valence-electron chi connectivity index (χ1n) is 5.30. The number of carbonyl (C=O) groups is 1. The number of carboxylic acid groups (broad SMARTS) is 1. The molecule has 0 bridgehead atoms. The molecule has 0 amide bonds. The molecular formula is C14H12NNaO2. The normalized spacial score (nSPS) is 11.7. The molecule has 0 saturated carbocycles. The average Bonchev–Trinajstić information content (AvgIpc) is 2.69. The second-order valence-electron chi connectivity index (χ2n) is 3.83. The van der Waals surface area contributed by atoms with Crippen LogP contribution in [0.3, 0.4) is 0 Å². The first-order chi connectivity index (χ1) is 8.16. The predicted molar refractivity (Wildman–Crippen MR) is 66.1 cm³/mol. The number of H-pyrrole nitrogens is 1. The van der Waals surface area contributed by atoms with E-state index in [9.17, 15) is 9.90 Å². The van der Waals surface area contributed by atoms with Crippen LogP contribution in [0.25, 0.3) is 17.0 Å². The van der Waals surface area contributed by atoms with Crippen LogP contribution in [-0.4, -0.2) is 11.0 Å². The Morgan fingerprint density at radius 1 is 1.33 bits per heavy atom. The Hall–Kier alpha value is -1.29. The quantitative estimate of drug-likeness (QED) is 0.426. The maximum Gasteiger partial charge on any atom is 1.00 e. The first kappa shape index (κ1) is 14.8. The van der Waals surface area contributed by atoms with E-state index in [1.54, 1.807) is 13.0 Å².